The Morgan fingerprint density at radius 1 is 0.126 bits per heavy atom. The minimum Gasteiger partial charge on any atom is -0.456 e. The summed E-state index contributed by atoms with van der Waals surface area (Å²) in [7, 11) is 0. The Balaban J connectivity index is 0.000000108. The summed E-state index contributed by atoms with van der Waals surface area (Å²) in [6, 6.07) is 157. The van der Waals surface area contributed by atoms with Crippen LogP contribution in [0.4, 0.5) is 0 Å². The topological polar surface area (TPSA) is 155 Å². The highest BCUT2D eigenvalue weighted by atomic mass is 16.3. The third-order valence-electron chi connectivity index (χ3n) is 25.5. The van der Waals surface area contributed by atoms with Crippen LogP contribution in [0.15, 0.2) is 468 Å². The largest absolute Gasteiger partial charge is 0.456 e. The minimum atomic E-state index is 0.575. The quantitative estimate of drug-likeness (QED) is 0.114. The Kier molecular flexibility index (Phi) is 19.6. The fourth-order valence-electron chi connectivity index (χ4n) is 18.6. The molecule has 6 heterocycles. The molecule has 12 nitrogen and oxygen atoms in total. The highest BCUT2D eigenvalue weighted by Gasteiger charge is 2.24. The Morgan fingerprint density at radius 3 is 0.881 bits per heavy atom. The lowest BCUT2D eigenvalue weighted by molar-refractivity contribution is 0.669. The zero-order chi connectivity index (χ0) is 89.2. The minimum absolute atomic E-state index is 0.575. The molecule has 0 unspecified atom stereocenters. The fourth-order valence-corrected chi connectivity index (χ4v) is 18.6. The maximum absolute atomic E-state index is 6.64. The first kappa shape index (κ1) is 78.8. The second-order valence-corrected chi connectivity index (χ2v) is 33.9. The lowest BCUT2D eigenvalue weighted by atomic mass is 10.00. The van der Waals surface area contributed by atoms with Gasteiger partial charge in [0.25, 0.3) is 0 Å². The average molecular weight is 1730 g/mol. The van der Waals surface area contributed by atoms with Crippen LogP contribution >= 0.6 is 0 Å². The van der Waals surface area contributed by atoms with Crippen molar-refractivity contribution in [2.24, 2.45) is 0 Å². The summed E-state index contributed by atoms with van der Waals surface area (Å²) in [6.45, 7) is 0. The van der Waals surface area contributed by atoms with Gasteiger partial charge in [-0.05, 0) is 171 Å². The van der Waals surface area contributed by atoms with E-state index in [1.165, 1.54) is 54.4 Å². The molecule has 0 spiro atoms. The number of rotatable bonds is 12. The van der Waals surface area contributed by atoms with Gasteiger partial charge in [0.1, 0.15) is 33.5 Å². The van der Waals surface area contributed by atoms with Crippen molar-refractivity contribution in [3.05, 3.63) is 455 Å². The van der Waals surface area contributed by atoms with E-state index in [-0.39, 0.29) is 0 Å². The molecule has 0 radical (unpaired) electrons. The summed E-state index contributed by atoms with van der Waals surface area (Å²) in [5.74, 6) is 5.56. The van der Waals surface area contributed by atoms with E-state index in [9.17, 15) is 0 Å². The van der Waals surface area contributed by atoms with Crippen molar-refractivity contribution >= 4 is 130 Å². The van der Waals surface area contributed by atoms with E-state index in [1.54, 1.807) is 0 Å². The molecular formula is C123H75N9O3. The highest BCUT2D eigenvalue weighted by Crippen LogP contribution is 2.44. The zero-order valence-electron chi connectivity index (χ0n) is 72.6. The van der Waals surface area contributed by atoms with Crippen molar-refractivity contribution in [1.29, 1.82) is 0 Å². The predicted molar refractivity (Wildman–Crippen MR) is 552 cm³/mol. The lowest BCUT2D eigenvalue weighted by Crippen LogP contribution is -2.00. The highest BCUT2D eigenvalue weighted by molar-refractivity contribution is 6.18. The first-order valence-corrected chi connectivity index (χ1v) is 45.1. The molecule has 0 fully saturated rings. The van der Waals surface area contributed by atoms with Crippen molar-refractivity contribution in [3.8, 4) is 136 Å². The molecule has 21 aromatic carbocycles. The SMILES string of the molecule is c1ccc(-c2nc(-c3ccc(-c4ccc5ccccc5c4)cc3)nc(-c3ccc4oc5cc6ccccc6cc5c4c3)n2)cc1.c1ccc(-c2nc(-c3ccc(-c4ccc5ccccc5c4)cc3)nc(-c3cccc4c3oc3c5ccccc5ccc43)n2)cc1.c1ccc(-c2nc(-c3ccc(-c4ccc5ccccc5c4)cc3)nc(-c3cccc4oc5cc6ccccc6cc5c34)n2)cc1. The van der Waals surface area contributed by atoms with E-state index in [1.807, 2.05) is 146 Å². The van der Waals surface area contributed by atoms with Crippen molar-refractivity contribution in [3.63, 3.8) is 0 Å². The summed E-state index contributed by atoms with van der Waals surface area (Å²) < 4.78 is 19.3. The Hall–Kier alpha value is -18.4. The van der Waals surface area contributed by atoms with Crippen molar-refractivity contribution < 1.29 is 13.3 Å². The number of benzene rings is 21. The molecule has 27 rings (SSSR count). The second kappa shape index (κ2) is 33.6. The molecule has 6 aromatic heterocycles. The molecule has 12 heteroatoms. The molecule has 0 saturated heterocycles. The van der Waals surface area contributed by atoms with Crippen LogP contribution in [0.5, 0.6) is 0 Å². The van der Waals surface area contributed by atoms with Crippen molar-refractivity contribution in [2.75, 3.05) is 0 Å². The van der Waals surface area contributed by atoms with Gasteiger partial charge in [-0.2, -0.15) is 0 Å². The summed E-state index contributed by atoms with van der Waals surface area (Å²) in [5, 5.41) is 20.5. The molecule has 27 aromatic rings. The molecule has 0 amide bonds. The number of nitrogens with zero attached hydrogens (tertiary/aromatic N) is 9. The average Bonchev–Trinajstić information content (AvgIpc) is 1.61. The molecule has 0 aliphatic heterocycles. The van der Waals surface area contributed by atoms with Gasteiger partial charge in [-0.1, -0.05) is 376 Å². The van der Waals surface area contributed by atoms with Gasteiger partial charge in [-0.25, -0.2) is 44.9 Å². The Bertz CT molecular complexity index is 9300. The van der Waals surface area contributed by atoms with E-state index >= 15 is 0 Å². The smallest absolute Gasteiger partial charge is 0.167 e. The van der Waals surface area contributed by atoms with Crippen molar-refractivity contribution in [1.82, 2.24) is 44.9 Å². The standard InChI is InChI=1S/3C41H25N3O/c1-2-11-29(12-3-1)39-42-40(30-20-17-27(18-21-30)32-22-19-26-9-4-5-13-31(26)25-32)44-41(43-39)36-16-8-15-34-35-24-23-28-10-6-7-14-33(28)37(35)45-38(34)36;1-2-10-28(11-3-1)39-42-40(29-20-17-27(18-21-29)33-22-19-26-9-4-5-12-30(26)23-33)44-41(43-39)34-15-8-16-36-38(34)35-24-31-13-6-7-14-32(31)25-37(35)45-36;1-2-9-28(10-3-1)39-42-40(29-17-14-27(15-18-29)33-19-16-26-8-4-5-11-30(26)22-33)44-41(43-39)34-20-21-37-35(24-34)36-23-31-12-6-7-13-32(31)25-38(36)45-37/h3*1-25H. The first-order chi connectivity index (χ1) is 66.8. The van der Waals surface area contributed by atoms with E-state index in [0.717, 1.165) is 160 Å². The van der Waals surface area contributed by atoms with E-state index in [4.69, 9.17) is 58.1 Å². The number of furan rings is 3. The van der Waals surface area contributed by atoms with Gasteiger partial charge in [0, 0.05) is 82.2 Å². The third-order valence-corrected chi connectivity index (χ3v) is 25.5. The van der Waals surface area contributed by atoms with Crippen LogP contribution in [-0.4, -0.2) is 44.9 Å². The van der Waals surface area contributed by atoms with Gasteiger partial charge in [-0.3, -0.25) is 0 Å². The second-order valence-electron chi connectivity index (χ2n) is 33.9. The molecule has 0 N–H and O–H groups in total. The monoisotopic (exact) mass is 1730 g/mol. The molecule has 0 saturated carbocycles. The van der Waals surface area contributed by atoms with Crippen LogP contribution in [0.3, 0.4) is 0 Å². The van der Waals surface area contributed by atoms with Crippen LogP contribution < -0.4 is 0 Å². The third kappa shape index (κ3) is 15.1. The Morgan fingerprint density at radius 2 is 0.422 bits per heavy atom. The summed E-state index contributed by atoms with van der Waals surface area (Å²) in [4.78, 5) is 45.0. The van der Waals surface area contributed by atoms with Gasteiger partial charge in [0.15, 0.2) is 52.4 Å². The summed E-state index contributed by atoms with van der Waals surface area (Å²) >= 11 is 0. The number of fused-ring (bicyclic) bond motifs is 16. The summed E-state index contributed by atoms with van der Waals surface area (Å²) in [6.07, 6.45) is 0. The maximum atomic E-state index is 6.64. The molecule has 630 valence electrons. The normalized spacial score (nSPS) is 11.6. The van der Waals surface area contributed by atoms with Gasteiger partial charge in [-0.15, -0.1) is 0 Å². The molecule has 0 aliphatic carbocycles. The maximum Gasteiger partial charge on any atom is 0.167 e. The number of hydrogen-bond acceptors (Lipinski definition) is 12. The zero-order valence-corrected chi connectivity index (χ0v) is 72.6. The van der Waals surface area contributed by atoms with E-state index < -0.39 is 0 Å². The number of hydrogen-bond donors (Lipinski definition) is 0. The van der Waals surface area contributed by atoms with E-state index in [2.05, 4.69) is 309 Å². The van der Waals surface area contributed by atoms with Crippen molar-refractivity contribution in [2.45, 2.75) is 0 Å². The fraction of sp³-hybridized carbons (Fsp3) is 0. The van der Waals surface area contributed by atoms with Gasteiger partial charge in [0.05, 0.1) is 5.56 Å². The number of aromatic nitrogens is 9. The molecule has 0 bridgehead atoms. The van der Waals surface area contributed by atoms with E-state index in [0.29, 0.717) is 52.4 Å². The van der Waals surface area contributed by atoms with Crippen LogP contribution in [0.2, 0.25) is 0 Å². The molecule has 0 aliphatic rings. The van der Waals surface area contributed by atoms with Gasteiger partial charge >= 0.3 is 0 Å². The van der Waals surface area contributed by atoms with Crippen LogP contribution in [0, 0.1) is 0 Å². The first-order valence-electron chi connectivity index (χ1n) is 45.1. The summed E-state index contributed by atoms with van der Waals surface area (Å²) in [5.41, 5.74) is 20.2. The van der Waals surface area contributed by atoms with Crippen LogP contribution in [0.25, 0.3) is 266 Å². The lowest BCUT2D eigenvalue weighted by Gasteiger charge is -2.10. The van der Waals surface area contributed by atoms with Crippen LogP contribution in [-0.2, 0) is 0 Å². The van der Waals surface area contributed by atoms with Gasteiger partial charge in [0.2, 0.25) is 0 Å². The Labute approximate surface area is 774 Å². The predicted octanol–water partition coefficient (Wildman–Crippen LogP) is 32.2. The molecule has 135 heavy (non-hydrogen) atoms. The van der Waals surface area contributed by atoms with Crippen LogP contribution in [0.1, 0.15) is 0 Å². The van der Waals surface area contributed by atoms with Gasteiger partial charge < -0.3 is 13.3 Å². The molecule has 0 atom stereocenters. The molecular weight excluding hydrogens is 1650 g/mol. The number of para-hydroxylation sites is 1.